The predicted octanol–water partition coefficient (Wildman–Crippen LogP) is 0.486. The largest absolute Gasteiger partial charge is 0.468 e. The van der Waals surface area contributed by atoms with Crippen LogP contribution in [0.15, 0.2) is 18.2 Å². The Morgan fingerprint density at radius 2 is 1.78 bits per heavy atom. The SMILES string of the molecule is CCN(CC(=O)OC)C(=O)c1cc(N)cc(N)c1. The maximum Gasteiger partial charge on any atom is 0.325 e. The van der Waals surface area contributed by atoms with Gasteiger partial charge in [-0.05, 0) is 25.1 Å². The summed E-state index contributed by atoms with van der Waals surface area (Å²) in [5.74, 6) is -0.774. The molecule has 0 spiro atoms. The van der Waals surface area contributed by atoms with Crippen molar-refractivity contribution in [1.82, 2.24) is 4.90 Å². The van der Waals surface area contributed by atoms with Crippen LogP contribution in [0.2, 0.25) is 0 Å². The number of nitrogens with two attached hydrogens (primary N) is 2. The third kappa shape index (κ3) is 3.38. The lowest BCUT2D eigenvalue weighted by atomic mass is 10.1. The van der Waals surface area contributed by atoms with Gasteiger partial charge in [0.1, 0.15) is 6.54 Å². The predicted molar refractivity (Wildman–Crippen MR) is 68.9 cm³/mol. The lowest BCUT2D eigenvalue weighted by Gasteiger charge is -2.19. The van der Waals surface area contributed by atoms with E-state index in [2.05, 4.69) is 4.74 Å². The van der Waals surface area contributed by atoms with E-state index in [1.165, 1.54) is 24.1 Å². The quantitative estimate of drug-likeness (QED) is 0.599. The fourth-order valence-electron chi connectivity index (χ4n) is 1.53. The fourth-order valence-corrected chi connectivity index (χ4v) is 1.53. The van der Waals surface area contributed by atoms with Gasteiger partial charge in [-0.15, -0.1) is 0 Å². The average Bonchev–Trinajstić information content (AvgIpc) is 2.33. The minimum Gasteiger partial charge on any atom is -0.468 e. The number of rotatable bonds is 4. The highest BCUT2D eigenvalue weighted by molar-refractivity contribution is 5.97. The van der Waals surface area contributed by atoms with Gasteiger partial charge in [0.05, 0.1) is 7.11 Å². The number of hydrogen-bond donors (Lipinski definition) is 2. The summed E-state index contributed by atoms with van der Waals surface area (Å²) in [6, 6.07) is 4.62. The van der Waals surface area contributed by atoms with E-state index in [1.54, 1.807) is 13.0 Å². The average molecular weight is 251 g/mol. The van der Waals surface area contributed by atoms with E-state index < -0.39 is 5.97 Å². The summed E-state index contributed by atoms with van der Waals surface area (Å²) in [4.78, 5) is 24.7. The van der Waals surface area contributed by atoms with Crippen LogP contribution < -0.4 is 11.5 Å². The molecule has 0 fully saturated rings. The summed E-state index contributed by atoms with van der Waals surface area (Å²) in [5, 5.41) is 0. The molecule has 0 aliphatic heterocycles. The first-order valence-corrected chi connectivity index (χ1v) is 5.50. The molecule has 6 heteroatoms. The van der Waals surface area contributed by atoms with Gasteiger partial charge in [0.25, 0.3) is 5.91 Å². The highest BCUT2D eigenvalue weighted by atomic mass is 16.5. The van der Waals surface area contributed by atoms with Gasteiger partial charge in [0.15, 0.2) is 0 Å². The van der Waals surface area contributed by atoms with E-state index in [0.717, 1.165) is 0 Å². The van der Waals surface area contributed by atoms with Crippen molar-refractivity contribution >= 4 is 23.3 Å². The van der Waals surface area contributed by atoms with E-state index in [1.807, 2.05) is 0 Å². The van der Waals surface area contributed by atoms with Gasteiger partial charge in [-0.25, -0.2) is 0 Å². The summed E-state index contributed by atoms with van der Waals surface area (Å²) in [5.41, 5.74) is 12.4. The van der Waals surface area contributed by atoms with Gasteiger partial charge < -0.3 is 21.1 Å². The molecule has 1 aromatic rings. The van der Waals surface area contributed by atoms with Crippen LogP contribution in [0.4, 0.5) is 11.4 Å². The van der Waals surface area contributed by atoms with Gasteiger partial charge in [-0.3, -0.25) is 9.59 Å². The zero-order chi connectivity index (χ0) is 13.7. The molecule has 1 amide bonds. The molecule has 0 saturated carbocycles. The highest BCUT2D eigenvalue weighted by Gasteiger charge is 2.18. The normalized spacial score (nSPS) is 9.89. The Bertz CT molecular complexity index is 440. The molecule has 0 radical (unpaired) electrons. The van der Waals surface area contributed by atoms with Crippen molar-refractivity contribution in [2.24, 2.45) is 0 Å². The number of methoxy groups -OCH3 is 1. The van der Waals surface area contributed by atoms with Crippen LogP contribution in [0.3, 0.4) is 0 Å². The number of hydrogen-bond acceptors (Lipinski definition) is 5. The van der Waals surface area contributed by atoms with Crippen LogP contribution in [-0.2, 0) is 9.53 Å². The molecule has 4 N–H and O–H groups in total. The van der Waals surface area contributed by atoms with E-state index in [0.29, 0.717) is 23.5 Å². The highest BCUT2D eigenvalue weighted by Crippen LogP contribution is 2.15. The molecule has 0 bridgehead atoms. The summed E-state index contributed by atoms with van der Waals surface area (Å²) < 4.78 is 4.53. The van der Waals surface area contributed by atoms with E-state index in [4.69, 9.17) is 11.5 Å². The van der Waals surface area contributed by atoms with Crippen molar-refractivity contribution < 1.29 is 14.3 Å². The van der Waals surface area contributed by atoms with Crippen molar-refractivity contribution in [3.8, 4) is 0 Å². The maximum absolute atomic E-state index is 12.1. The Hall–Kier alpha value is -2.24. The molecular formula is C12H17N3O3. The lowest BCUT2D eigenvalue weighted by molar-refractivity contribution is -0.141. The number of amides is 1. The van der Waals surface area contributed by atoms with Gasteiger partial charge in [-0.2, -0.15) is 0 Å². The molecule has 6 nitrogen and oxygen atoms in total. The van der Waals surface area contributed by atoms with Crippen molar-refractivity contribution in [3.05, 3.63) is 23.8 Å². The summed E-state index contributed by atoms with van der Waals surface area (Å²) in [6.45, 7) is 2.07. The minimum atomic E-state index is -0.470. The second-order valence-corrected chi connectivity index (χ2v) is 3.78. The number of nitrogens with zero attached hydrogens (tertiary/aromatic N) is 1. The first-order chi connectivity index (χ1) is 8.47. The van der Waals surface area contributed by atoms with Crippen molar-refractivity contribution in [2.45, 2.75) is 6.92 Å². The molecule has 0 heterocycles. The number of nitrogen functional groups attached to an aromatic ring is 2. The summed E-state index contributed by atoms with van der Waals surface area (Å²) >= 11 is 0. The molecule has 0 aliphatic carbocycles. The van der Waals surface area contributed by atoms with Gasteiger partial charge in [0.2, 0.25) is 0 Å². The summed E-state index contributed by atoms with van der Waals surface area (Å²) in [6.07, 6.45) is 0. The van der Waals surface area contributed by atoms with Crippen molar-refractivity contribution in [2.75, 3.05) is 31.7 Å². The zero-order valence-electron chi connectivity index (χ0n) is 10.5. The van der Waals surface area contributed by atoms with E-state index in [9.17, 15) is 9.59 Å². The van der Waals surface area contributed by atoms with E-state index >= 15 is 0 Å². The number of likely N-dealkylation sites (N-methyl/N-ethyl adjacent to an activating group) is 1. The van der Waals surface area contributed by atoms with Crippen LogP contribution in [0.5, 0.6) is 0 Å². The molecule has 0 unspecified atom stereocenters. The van der Waals surface area contributed by atoms with Gasteiger partial charge in [0, 0.05) is 23.5 Å². The summed E-state index contributed by atoms with van der Waals surface area (Å²) in [7, 11) is 1.28. The first kappa shape index (κ1) is 13.8. The lowest BCUT2D eigenvalue weighted by Crippen LogP contribution is -2.36. The standard InChI is InChI=1S/C12H17N3O3/c1-3-15(7-11(16)18-2)12(17)8-4-9(13)6-10(14)5-8/h4-6H,3,7,13-14H2,1-2H3. The maximum atomic E-state index is 12.1. The first-order valence-electron chi connectivity index (χ1n) is 5.50. The minimum absolute atomic E-state index is 0.0967. The second kappa shape index (κ2) is 5.90. The number of carbonyl (C=O) groups is 2. The van der Waals surface area contributed by atoms with Crippen molar-refractivity contribution in [1.29, 1.82) is 0 Å². The van der Waals surface area contributed by atoms with Gasteiger partial charge >= 0.3 is 5.97 Å². The van der Waals surface area contributed by atoms with Crippen LogP contribution in [-0.4, -0.2) is 37.0 Å². The number of benzene rings is 1. The van der Waals surface area contributed by atoms with Crippen LogP contribution in [0.1, 0.15) is 17.3 Å². The third-order valence-corrected chi connectivity index (χ3v) is 2.44. The molecule has 18 heavy (non-hydrogen) atoms. The second-order valence-electron chi connectivity index (χ2n) is 3.78. The Morgan fingerprint density at radius 1 is 1.22 bits per heavy atom. The van der Waals surface area contributed by atoms with Crippen LogP contribution in [0, 0.1) is 0 Å². The van der Waals surface area contributed by atoms with Crippen molar-refractivity contribution in [3.63, 3.8) is 0 Å². The molecule has 1 rings (SSSR count). The molecule has 0 aromatic heterocycles. The molecule has 0 saturated heterocycles. The molecule has 0 aliphatic rings. The third-order valence-electron chi connectivity index (χ3n) is 2.44. The number of ether oxygens (including phenoxy) is 1. The molecule has 98 valence electrons. The fraction of sp³-hybridized carbons (Fsp3) is 0.333. The Labute approximate surface area is 105 Å². The Kier molecular flexibility index (Phi) is 4.53. The number of carbonyl (C=O) groups excluding carboxylic acids is 2. The Balaban J connectivity index is 2.92. The van der Waals surface area contributed by atoms with Crippen LogP contribution >= 0.6 is 0 Å². The number of anilines is 2. The number of esters is 1. The molecule has 0 atom stereocenters. The smallest absolute Gasteiger partial charge is 0.325 e. The van der Waals surface area contributed by atoms with Gasteiger partial charge in [-0.1, -0.05) is 0 Å². The Morgan fingerprint density at radius 3 is 2.22 bits per heavy atom. The molecular weight excluding hydrogens is 234 g/mol. The van der Waals surface area contributed by atoms with Crippen LogP contribution in [0.25, 0.3) is 0 Å². The zero-order valence-corrected chi connectivity index (χ0v) is 10.5. The van der Waals surface area contributed by atoms with E-state index in [-0.39, 0.29) is 12.5 Å². The topological polar surface area (TPSA) is 98.6 Å². The monoisotopic (exact) mass is 251 g/mol. The molecule has 1 aromatic carbocycles.